The van der Waals surface area contributed by atoms with E-state index in [1.807, 2.05) is 6.92 Å². The van der Waals surface area contributed by atoms with Crippen molar-refractivity contribution in [3.63, 3.8) is 0 Å². The summed E-state index contributed by atoms with van der Waals surface area (Å²) in [6, 6.07) is 6.25. The Morgan fingerprint density at radius 1 is 1.32 bits per heavy atom. The molecule has 1 atom stereocenters. The van der Waals surface area contributed by atoms with E-state index in [-0.39, 0.29) is 11.7 Å². The molecule has 2 aromatic rings. The maximum Gasteiger partial charge on any atom is 0.336 e. The topological polar surface area (TPSA) is 70.7 Å². The predicted octanol–water partition coefficient (Wildman–Crippen LogP) is 2.45. The van der Waals surface area contributed by atoms with E-state index in [0.29, 0.717) is 12.0 Å². The van der Waals surface area contributed by atoms with Gasteiger partial charge < -0.3 is 14.6 Å². The third-order valence-corrected chi connectivity index (χ3v) is 3.55. The Morgan fingerprint density at radius 2 is 2.00 bits per heavy atom. The summed E-state index contributed by atoms with van der Waals surface area (Å²) in [5, 5.41) is 20.7. The summed E-state index contributed by atoms with van der Waals surface area (Å²) < 4.78 is 5.00. The minimum Gasteiger partial charge on any atom is -0.508 e. The minimum atomic E-state index is -0.815. The third kappa shape index (κ3) is 2.96. The molecule has 0 aliphatic heterocycles. The van der Waals surface area contributed by atoms with Crippen molar-refractivity contribution >= 4 is 11.0 Å². The number of hydrogen-bond acceptors (Lipinski definition) is 4. The number of aliphatic hydroxyl groups is 1. The lowest BCUT2D eigenvalue weighted by atomic mass is 9.87. The highest BCUT2D eigenvalue weighted by Crippen LogP contribution is 2.29. The van der Waals surface area contributed by atoms with Crippen molar-refractivity contribution in [1.82, 2.24) is 0 Å². The maximum absolute atomic E-state index is 11.1. The van der Waals surface area contributed by atoms with E-state index in [4.69, 9.17) is 4.42 Å². The summed E-state index contributed by atoms with van der Waals surface area (Å²) >= 11 is 0. The second kappa shape index (κ2) is 4.70. The molecule has 0 amide bonds. The van der Waals surface area contributed by atoms with Crippen LogP contribution in [0.1, 0.15) is 26.3 Å². The monoisotopic (exact) mass is 262 g/mol. The molecular weight excluding hydrogens is 244 g/mol. The fraction of sp³-hybridized carbons (Fsp3) is 0.400. The highest BCUT2D eigenvalue weighted by molar-refractivity contribution is 5.79. The fourth-order valence-corrected chi connectivity index (χ4v) is 1.89. The first-order valence-electron chi connectivity index (χ1n) is 6.25. The van der Waals surface area contributed by atoms with Gasteiger partial charge in [0.1, 0.15) is 11.3 Å². The summed E-state index contributed by atoms with van der Waals surface area (Å²) in [4.78, 5) is 11.1. The average molecular weight is 262 g/mol. The number of rotatable bonds is 3. The van der Waals surface area contributed by atoms with E-state index >= 15 is 0 Å². The largest absolute Gasteiger partial charge is 0.508 e. The molecule has 1 aromatic heterocycles. The molecule has 2 N–H and O–H groups in total. The van der Waals surface area contributed by atoms with Gasteiger partial charge in [-0.3, -0.25) is 0 Å². The second-order valence-corrected chi connectivity index (χ2v) is 5.53. The molecule has 0 fully saturated rings. The molecule has 0 aliphatic rings. The zero-order chi connectivity index (χ0) is 14.2. The van der Waals surface area contributed by atoms with E-state index in [1.165, 1.54) is 12.1 Å². The Hall–Kier alpha value is -1.81. The molecule has 0 radical (unpaired) electrons. The highest BCUT2D eigenvalue weighted by atomic mass is 16.4. The molecular formula is C15H18O4. The Balaban J connectivity index is 2.42. The van der Waals surface area contributed by atoms with Crippen LogP contribution in [0.2, 0.25) is 0 Å². The smallest absolute Gasteiger partial charge is 0.336 e. The zero-order valence-corrected chi connectivity index (χ0v) is 11.3. The first-order chi connectivity index (χ1) is 8.77. The van der Waals surface area contributed by atoms with Gasteiger partial charge in [-0.1, -0.05) is 6.92 Å². The lowest BCUT2D eigenvalue weighted by molar-refractivity contribution is 0.0249. The molecule has 0 spiro atoms. The van der Waals surface area contributed by atoms with Gasteiger partial charge in [0.2, 0.25) is 0 Å². The Labute approximate surface area is 111 Å². The lowest BCUT2D eigenvalue weighted by Gasteiger charge is -2.26. The zero-order valence-electron chi connectivity index (χ0n) is 11.3. The Bertz CT molecular complexity index is 649. The quantitative estimate of drug-likeness (QED) is 0.833. The Morgan fingerprint density at radius 3 is 2.63 bits per heavy atom. The van der Waals surface area contributed by atoms with Gasteiger partial charge in [-0.15, -0.1) is 0 Å². The average Bonchev–Trinajstić information content (AvgIpc) is 2.29. The van der Waals surface area contributed by atoms with E-state index in [0.717, 1.165) is 10.9 Å². The van der Waals surface area contributed by atoms with Crippen molar-refractivity contribution in [2.24, 2.45) is 5.92 Å². The van der Waals surface area contributed by atoms with Gasteiger partial charge in [-0.05, 0) is 43.9 Å². The van der Waals surface area contributed by atoms with Crippen LogP contribution in [0, 0.1) is 5.92 Å². The number of phenolic OH excluding ortho intramolecular Hbond substituents is 1. The molecule has 0 aliphatic carbocycles. The normalized spacial score (nSPS) is 13.7. The molecule has 2 rings (SSSR count). The number of benzene rings is 1. The van der Waals surface area contributed by atoms with Crippen LogP contribution in [0.4, 0.5) is 0 Å². The fourth-order valence-electron chi connectivity index (χ4n) is 1.89. The number of aromatic hydroxyl groups is 1. The van der Waals surface area contributed by atoms with Crippen LogP contribution in [-0.4, -0.2) is 15.8 Å². The van der Waals surface area contributed by atoms with Gasteiger partial charge in [-0.2, -0.15) is 0 Å². The van der Waals surface area contributed by atoms with E-state index in [1.54, 1.807) is 26.0 Å². The number of hydrogen-bond donors (Lipinski definition) is 2. The second-order valence-electron chi connectivity index (χ2n) is 5.53. The molecule has 102 valence electrons. The third-order valence-electron chi connectivity index (χ3n) is 3.55. The maximum atomic E-state index is 11.1. The van der Waals surface area contributed by atoms with E-state index in [9.17, 15) is 15.0 Å². The lowest BCUT2D eigenvalue weighted by Crippen LogP contribution is -2.30. The molecule has 1 aromatic carbocycles. The molecule has 0 unspecified atom stereocenters. The van der Waals surface area contributed by atoms with Crippen LogP contribution in [0.3, 0.4) is 0 Å². The highest BCUT2D eigenvalue weighted by Gasteiger charge is 2.23. The standard InChI is InChI=1S/C15H18O4/c1-9(15(2,3)18)6-11-7-10-4-5-14(17)19-13(10)8-12(11)16/h4-5,7-9,16,18H,6H2,1-3H3/t9-/m1/s1. The molecule has 4 heteroatoms. The molecule has 1 heterocycles. The summed E-state index contributed by atoms with van der Waals surface area (Å²) in [5.41, 5.74) is -0.157. The molecule has 0 saturated carbocycles. The SMILES string of the molecule is C[C@H](Cc1cc2ccc(=O)oc2cc1O)C(C)(C)O. The van der Waals surface area contributed by atoms with Crippen LogP contribution in [-0.2, 0) is 6.42 Å². The van der Waals surface area contributed by atoms with Gasteiger partial charge in [0.05, 0.1) is 5.60 Å². The summed E-state index contributed by atoms with van der Waals surface area (Å²) in [5.74, 6) is 0.0736. The van der Waals surface area contributed by atoms with Crippen molar-refractivity contribution in [2.75, 3.05) is 0 Å². The molecule has 0 bridgehead atoms. The van der Waals surface area contributed by atoms with Gasteiger partial charge >= 0.3 is 5.63 Å². The van der Waals surface area contributed by atoms with Crippen LogP contribution in [0.5, 0.6) is 5.75 Å². The van der Waals surface area contributed by atoms with E-state index in [2.05, 4.69) is 0 Å². The van der Waals surface area contributed by atoms with Crippen LogP contribution < -0.4 is 5.63 Å². The minimum absolute atomic E-state index is 0.00781. The summed E-state index contributed by atoms with van der Waals surface area (Å²) in [7, 11) is 0. The Kier molecular flexibility index (Phi) is 3.37. The van der Waals surface area contributed by atoms with Crippen molar-refractivity contribution in [2.45, 2.75) is 32.8 Å². The first-order valence-corrected chi connectivity index (χ1v) is 6.25. The van der Waals surface area contributed by atoms with Crippen molar-refractivity contribution < 1.29 is 14.6 Å². The molecule has 0 saturated heterocycles. The van der Waals surface area contributed by atoms with Crippen molar-refractivity contribution in [3.05, 3.63) is 40.2 Å². The molecule has 4 nitrogen and oxygen atoms in total. The summed E-state index contributed by atoms with van der Waals surface area (Å²) in [6.45, 7) is 5.42. The van der Waals surface area contributed by atoms with Gasteiger partial charge in [-0.25, -0.2) is 4.79 Å². The number of fused-ring (bicyclic) bond motifs is 1. The van der Waals surface area contributed by atoms with Gasteiger partial charge in [0.15, 0.2) is 0 Å². The first kappa shape index (κ1) is 13.6. The van der Waals surface area contributed by atoms with Crippen LogP contribution in [0.15, 0.2) is 33.5 Å². The van der Waals surface area contributed by atoms with Crippen LogP contribution in [0.25, 0.3) is 11.0 Å². The molecule has 19 heavy (non-hydrogen) atoms. The van der Waals surface area contributed by atoms with Gasteiger partial charge in [0, 0.05) is 17.5 Å². The van der Waals surface area contributed by atoms with Crippen LogP contribution >= 0.6 is 0 Å². The number of phenols is 1. The van der Waals surface area contributed by atoms with Crippen molar-refractivity contribution in [1.29, 1.82) is 0 Å². The predicted molar refractivity (Wildman–Crippen MR) is 73.3 cm³/mol. The summed E-state index contributed by atoms with van der Waals surface area (Å²) in [6.07, 6.45) is 0.546. The van der Waals surface area contributed by atoms with Crippen molar-refractivity contribution in [3.8, 4) is 5.75 Å². The van der Waals surface area contributed by atoms with Gasteiger partial charge in [0.25, 0.3) is 0 Å². The van der Waals surface area contributed by atoms with E-state index < -0.39 is 11.2 Å².